The molecule has 1 aromatic heterocycles. The van der Waals surface area contributed by atoms with E-state index in [9.17, 15) is 29.4 Å². The zero-order valence-corrected chi connectivity index (χ0v) is 19.4. The van der Waals surface area contributed by atoms with Crippen LogP contribution in [-0.2, 0) is 25.7 Å². The van der Waals surface area contributed by atoms with Crippen LogP contribution < -0.4 is 22.1 Å². The highest BCUT2D eigenvalue weighted by Gasteiger charge is 2.43. The van der Waals surface area contributed by atoms with Crippen LogP contribution in [0, 0.1) is 0 Å². The molecule has 0 aliphatic carbocycles. The third kappa shape index (κ3) is 7.31. The molecule has 1 aliphatic rings. The van der Waals surface area contributed by atoms with Crippen LogP contribution in [0.25, 0.3) is 0 Å². The summed E-state index contributed by atoms with van der Waals surface area (Å²) < 4.78 is 11.3. The Kier molecular flexibility index (Phi) is 9.26. The summed E-state index contributed by atoms with van der Waals surface area (Å²) in [5.74, 6) is -1.70. The topological polar surface area (TPSA) is 236 Å². The molecule has 1 aromatic carbocycles. The summed E-state index contributed by atoms with van der Waals surface area (Å²) in [7, 11) is 0. The normalized spacial score (nSPS) is 21.7. The molecule has 3 rings (SSSR count). The Hall–Kier alpha value is -3.89. The van der Waals surface area contributed by atoms with E-state index < -0.39 is 60.8 Å². The van der Waals surface area contributed by atoms with E-state index in [-0.39, 0.29) is 25.3 Å². The summed E-state index contributed by atoms with van der Waals surface area (Å²) in [5, 5.41) is 42.7. The van der Waals surface area contributed by atoms with E-state index in [1.165, 1.54) is 12.3 Å². The van der Waals surface area contributed by atoms with Gasteiger partial charge < -0.3 is 41.0 Å². The molecule has 0 saturated carbocycles. The standard InChI is InChI=1S/C22H27N5O10/c23-13(20(32)33)5-6-16(29)24-12-3-1-11(2-4-12)10-36-22(35)26-15-7-8-27(21(34)25-15)19-18(31)17(30)14(9-28)37-19/h1-4,7-8,13-14,17-19,28,30-31H,5-6,9-10,23H2,(H,24,29)(H,32,33)(H,25,26,34,35)/t13-,14+,17?,18?,19+/m0/s1. The first kappa shape index (κ1) is 27.7. The van der Waals surface area contributed by atoms with Gasteiger partial charge in [0.15, 0.2) is 6.23 Å². The van der Waals surface area contributed by atoms with Crippen LogP contribution in [0.1, 0.15) is 24.6 Å². The van der Waals surface area contributed by atoms with Gasteiger partial charge in [0.2, 0.25) is 5.91 Å². The lowest BCUT2D eigenvalue weighted by Gasteiger charge is -2.17. The van der Waals surface area contributed by atoms with Gasteiger partial charge in [0.1, 0.15) is 36.8 Å². The van der Waals surface area contributed by atoms with Crippen molar-refractivity contribution >= 4 is 29.5 Å². The molecule has 37 heavy (non-hydrogen) atoms. The molecule has 1 aliphatic heterocycles. The van der Waals surface area contributed by atoms with Crippen molar-refractivity contribution in [2.24, 2.45) is 5.73 Å². The minimum Gasteiger partial charge on any atom is -0.480 e. The van der Waals surface area contributed by atoms with Crippen molar-refractivity contribution < 1.29 is 44.3 Å². The third-order valence-electron chi connectivity index (χ3n) is 5.46. The summed E-state index contributed by atoms with van der Waals surface area (Å²) >= 11 is 0. The molecule has 8 N–H and O–H groups in total. The van der Waals surface area contributed by atoms with Gasteiger partial charge in [-0.05, 0) is 30.2 Å². The maximum atomic E-state index is 12.3. The molecular weight excluding hydrogens is 494 g/mol. The quantitative estimate of drug-likeness (QED) is 0.194. The van der Waals surface area contributed by atoms with Crippen molar-refractivity contribution in [3.63, 3.8) is 0 Å². The van der Waals surface area contributed by atoms with Crippen molar-refractivity contribution in [1.29, 1.82) is 0 Å². The van der Waals surface area contributed by atoms with Gasteiger partial charge in [-0.2, -0.15) is 4.98 Å². The van der Waals surface area contributed by atoms with E-state index in [1.807, 2.05) is 0 Å². The molecule has 200 valence electrons. The molecule has 2 amide bonds. The zero-order valence-electron chi connectivity index (χ0n) is 19.4. The first-order valence-corrected chi connectivity index (χ1v) is 11.1. The van der Waals surface area contributed by atoms with Gasteiger partial charge in [-0.3, -0.25) is 19.5 Å². The van der Waals surface area contributed by atoms with Crippen LogP contribution in [0.5, 0.6) is 0 Å². The fraction of sp³-hybridized carbons (Fsp3) is 0.409. The van der Waals surface area contributed by atoms with E-state index >= 15 is 0 Å². The Morgan fingerprint density at radius 1 is 1.14 bits per heavy atom. The number of nitrogens with one attached hydrogen (secondary N) is 2. The Morgan fingerprint density at radius 3 is 2.43 bits per heavy atom. The number of nitrogens with zero attached hydrogens (tertiary/aromatic N) is 2. The number of carboxylic acid groups (broad SMARTS) is 1. The first-order valence-electron chi connectivity index (χ1n) is 11.1. The van der Waals surface area contributed by atoms with E-state index in [0.717, 1.165) is 4.57 Å². The number of carbonyl (C=O) groups excluding carboxylic acids is 2. The number of rotatable bonds is 10. The predicted molar refractivity (Wildman–Crippen MR) is 125 cm³/mol. The summed E-state index contributed by atoms with van der Waals surface area (Å²) in [5.41, 5.74) is 5.54. The largest absolute Gasteiger partial charge is 0.480 e. The lowest BCUT2D eigenvalue weighted by molar-refractivity contribution is -0.138. The minimum absolute atomic E-state index is 0.00404. The van der Waals surface area contributed by atoms with Crippen molar-refractivity contribution in [2.75, 3.05) is 17.2 Å². The Bertz CT molecular complexity index is 1170. The number of nitrogens with two attached hydrogens (primary N) is 1. The van der Waals surface area contributed by atoms with Crippen LogP contribution >= 0.6 is 0 Å². The second kappa shape index (κ2) is 12.4. The SMILES string of the molecule is N[C@@H](CCC(=O)Nc1ccc(COC(=O)Nc2ccn([C@@H]3O[C@H](CO)C(O)C3O)c(=O)n2)cc1)C(=O)O. The molecule has 2 aromatic rings. The molecule has 2 heterocycles. The van der Waals surface area contributed by atoms with Gasteiger partial charge in [0.05, 0.1) is 6.61 Å². The molecule has 0 spiro atoms. The van der Waals surface area contributed by atoms with Crippen molar-refractivity contribution in [2.45, 2.75) is 50.0 Å². The summed E-state index contributed by atoms with van der Waals surface area (Å²) in [6.45, 7) is -0.684. The van der Waals surface area contributed by atoms with Crippen molar-refractivity contribution in [3.8, 4) is 0 Å². The number of amides is 2. The van der Waals surface area contributed by atoms with E-state index in [0.29, 0.717) is 11.3 Å². The van der Waals surface area contributed by atoms with Crippen LogP contribution in [-0.4, -0.2) is 78.9 Å². The summed E-state index contributed by atoms with van der Waals surface area (Å²) in [6, 6.07) is 6.50. The lowest BCUT2D eigenvalue weighted by Crippen LogP contribution is -2.36. The molecular formula is C22H27N5O10. The van der Waals surface area contributed by atoms with Crippen molar-refractivity contribution in [1.82, 2.24) is 9.55 Å². The smallest absolute Gasteiger partial charge is 0.413 e. The highest BCUT2D eigenvalue weighted by molar-refractivity contribution is 5.91. The van der Waals surface area contributed by atoms with Crippen LogP contribution in [0.3, 0.4) is 0 Å². The fourth-order valence-electron chi connectivity index (χ4n) is 3.39. The molecule has 0 radical (unpaired) electrons. The number of aliphatic hydroxyl groups excluding tert-OH is 3. The molecule has 0 bridgehead atoms. The average molecular weight is 521 g/mol. The lowest BCUT2D eigenvalue weighted by atomic mass is 10.1. The maximum Gasteiger partial charge on any atom is 0.413 e. The first-order chi connectivity index (χ1) is 17.6. The highest BCUT2D eigenvalue weighted by Crippen LogP contribution is 2.28. The van der Waals surface area contributed by atoms with Crippen LogP contribution in [0.15, 0.2) is 41.3 Å². The van der Waals surface area contributed by atoms with Crippen LogP contribution in [0.4, 0.5) is 16.3 Å². The maximum absolute atomic E-state index is 12.3. The highest BCUT2D eigenvalue weighted by atomic mass is 16.6. The Morgan fingerprint density at radius 2 is 1.84 bits per heavy atom. The van der Waals surface area contributed by atoms with E-state index in [1.54, 1.807) is 24.3 Å². The van der Waals surface area contributed by atoms with Gasteiger partial charge >= 0.3 is 17.8 Å². The molecule has 1 fully saturated rings. The summed E-state index contributed by atoms with van der Waals surface area (Å²) in [4.78, 5) is 50.7. The molecule has 2 unspecified atom stereocenters. The predicted octanol–water partition coefficient (Wildman–Crippen LogP) is -1.27. The third-order valence-corrected chi connectivity index (χ3v) is 5.46. The number of aliphatic carboxylic acids is 1. The number of hydrogen-bond donors (Lipinski definition) is 7. The number of carboxylic acids is 1. The van der Waals surface area contributed by atoms with E-state index in [2.05, 4.69) is 15.6 Å². The second-order valence-electron chi connectivity index (χ2n) is 8.16. The number of ether oxygens (including phenoxy) is 2. The number of hydrogen-bond acceptors (Lipinski definition) is 11. The fourth-order valence-corrected chi connectivity index (χ4v) is 3.39. The zero-order chi connectivity index (χ0) is 27.1. The van der Waals surface area contributed by atoms with E-state index in [4.69, 9.17) is 25.4 Å². The second-order valence-corrected chi connectivity index (χ2v) is 8.16. The molecule has 1 saturated heterocycles. The monoisotopic (exact) mass is 521 g/mol. The molecule has 15 heteroatoms. The Labute approximate surface area is 209 Å². The van der Waals surface area contributed by atoms with Gasteiger partial charge in [0.25, 0.3) is 0 Å². The van der Waals surface area contributed by atoms with Crippen molar-refractivity contribution in [3.05, 3.63) is 52.6 Å². The summed E-state index contributed by atoms with van der Waals surface area (Å²) in [6.07, 6.45) is -4.93. The number of aromatic nitrogens is 2. The minimum atomic E-state index is -1.46. The number of anilines is 2. The number of aliphatic hydroxyl groups is 3. The molecule has 5 atom stereocenters. The number of carbonyl (C=O) groups is 3. The van der Waals surface area contributed by atoms with Crippen LogP contribution in [0.2, 0.25) is 0 Å². The number of benzene rings is 1. The average Bonchev–Trinajstić information content (AvgIpc) is 3.15. The molecule has 15 nitrogen and oxygen atoms in total. The van der Waals surface area contributed by atoms with Gasteiger partial charge in [-0.15, -0.1) is 0 Å². The van der Waals surface area contributed by atoms with Gasteiger partial charge in [-0.1, -0.05) is 12.1 Å². The Balaban J connectivity index is 1.48. The van der Waals surface area contributed by atoms with Gasteiger partial charge in [0, 0.05) is 18.3 Å². The van der Waals surface area contributed by atoms with Gasteiger partial charge in [-0.25, -0.2) is 9.59 Å².